The average molecular weight is 290 g/mol. The van der Waals surface area contributed by atoms with Crippen molar-refractivity contribution in [1.82, 2.24) is 5.32 Å². The minimum Gasteiger partial charge on any atom is -0.310 e. The number of aryl methyl sites for hydroxylation is 1. The summed E-state index contributed by atoms with van der Waals surface area (Å²) in [5.41, 5.74) is 2.87. The summed E-state index contributed by atoms with van der Waals surface area (Å²) in [7, 11) is 0. The van der Waals surface area contributed by atoms with Gasteiger partial charge in [-0.15, -0.1) is 0 Å². The summed E-state index contributed by atoms with van der Waals surface area (Å²) in [4.78, 5) is 0. The second-order valence-corrected chi connectivity index (χ2v) is 7.13. The lowest BCUT2D eigenvalue weighted by atomic mass is 9.85. The first-order chi connectivity index (χ1) is 9.95. The van der Waals surface area contributed by atoms with Gasteiger partial charge in [-0.2, -0.15) is 0 Å². The van der Waals surface area contributed by atoms with Crippen LogP contribution in [0.25, 0.3) is 0 Å². The molecular weight excluding hydrogens is 254 g/mol. The number of benzene rings is 1. The lowest BCUT2D eigenvalue weighted by molar-refractivity contribution is 0.268. The summed E-state index contributed by atoms with van der Waals surface area (Å²) in [6, 6.07) is 9.62. The number of hydrogen-bond acceptors (Lipinski definition) is 1. The van der Waals surface area contributed by atoms with Gasteiger partial charge in [0.15, 0.2) is 0 Å². The van der Waals surface area contributed by atoms with Gasteiger partial charge in [0.2, 0.25) is 0 Å². The highest BCUT2D eigenvalue weighted by Crippen LogP contribution is 2.21. The van der Waals surface area contributed by atoms with Crippen molar-refractivity contribution < 1.29 is 0 Å². The van der Waals surface area contributed by atoms with E-state index in [0.29, 0.717) is 6.04 Å². The Labute approximate surface area is 132 Å². The number of rotatable bonds is 9. The molecule has 0 aliphatic carbocycles. The van der Waals surface area contributed by atoms with Crippen LogP contribution in [-0.2, 0) is 6.42 Å². The van der Waals surface area contributed by atoms with Crippen molar-refractivity contribution in [2.75, 3.05) is 6.54 Å². The normalized spacial score (nSPS) is 13.4. The lowest BCUT2D eigenvalue weighted by Gasteiger charge is -2.27. The van der Waals surface area contributed by atoms with Gasteiger partial charge in [-0.3, -0.25) is 0 Å². The van der Waals surface area contributed by atoms with E-state index in [4.69, 9.17) is 0 Å². The fourth-order valence-corrected chi connectivity index (χ4v) is 3.03. The van der Waals surface area contributed by atoms with E-state index in [2.05, 4.69) is 71.1 Å². The number of unbranched alkanes of at least 4 members (excludes halogenated alkanes) is 1. The van der Waals surface area contributed by atoms with Gasteiger partial charge in [0.1, 0.15) is 0 Å². The van der Waals surface area contributed by atoms with Crippen LogP contribution in [0.3, 0.4) is 0 Å². The van der Waals surface area contributed by atoms with Gasteiger partial charge in [-0.05, 0) is 55.2 Å². The average Bonchev–Trinajstić information content (AvgIpc) is 2.44. The van der Waals surface area contributed by atoms with Crippen LogP contribution in [0, 0.1) is 17.8 Å². The molecule has 0 saturated carbocycles. The zero-order valence-corrected chi connectivity index (χ0v) is 14.9. The summed E-state index contributed by atoms with van der Waals surface area (Å²) in [6.45, 7) is 15.0. The SMILES string of the molecule is CCCCc1ccc(C(C)NCC(C(C)C)C(C)C)cc1. The Morgan fingerprint density at radius 3 is 1.95 bits per heavy atom. The molecule has 21 heavy (non-hydrogen) atoms. The fraction of sp³-hybridized carbons (Fsp3) is 0.700. The Kier molecular flexibility index (Phi) is 8.03. The molecule has 0 heterocycles. The number of hydrogen-bond donors (Lipinski definition) is 1. The molecule has 1 aromatic rings. The van der Waals surface area contributed by atoms with E-state index in [-0.39, 0.29) is 0 Å². The van der Waals surface area contributed by atoms with Gasteiger partial charge in [0.25, 0.3) is 0 Å². The van der Waals surface area contributed by atoms with Crippen LogP contribution in [0.2, 0.25) is 0 Å². The lowest BCUT2D eigenvalue weighted by Crippen LogP contribution is -2.31. The van der Waals surface area contributed by atoms with E-state index < -0.39 is 0 Å². The summed E-state index contributed by atoms with van der Waals surface area (Å²) < 4.78 is 0. The van der Waals surface area contributed by atoms with Crippen LogP contribution in [0.15, 0.2) is 24.3 Å². The zero-order chi connectivity index (χ0) is 15.8. The molecule has 0 saturated heterocycles. The monoisotopic (exact) mass is 289 g/mol. The molecule has 0 aromatic heterocycles. The van der Waals surface area contributed by atoms with Crippen LogP contribution in [0.4, 0.5) is 0 Å². The van der Waals surface area contributed by atoms with Crippen LogP contribution >= 0.6 is 0 Å². The molecule has 0 spiro atoms. The van der Waals surface area contributed by atoms with E-state index in [9.17, 15) is 0 Å². The predicted molar refractivity (Wildman–Crippen MR) is 94.6 cm³/mol. The van der Waals surface area contributed by atoms with Crippen LogP contribution < -0.4 is 5.32 Å². The van der Waals surface area contributed by atoms with E-state index in [1.54, 1.807) is 0 Å². The Morgan fingerprint density at radius 1 is 0.905 bits per heavy atom. The van der Waals surface area contributed by atoms with E-state index in [0.717, 1.165) is 24.3 Å². The molecular formula is C20H35N. The van der Waals surface area contributed by atoms with Crippen LogP contribution in [-0.4, -0.2) is 6.54 Å². The van der Waals surface area contributed by atoms with Gasteiger partial charge in [-0.1, -0.05) is 65.3 Å². The van der Waals surface area contributed by atoms with E-state index in [1.807, 2.05) is 0 Å². The first-order valence-electron chi connectivity index (χ1n) is 8.77. The Hall–Kier alpha value is -0.820. The van der Waals surface area contributed by atoms with Crippen molar-refractivity contribution in [3.8, 4) is 0 Å². The highest BCUT2D eigenvalue weighted by Gasteiger charge is 2.18. The third kappa shape index (κ3) is 6.22. The molecule has 1 unspecified atom stereocenters. The van der Waals surface area contributed by atoms with Crippen LogP contribution in [0.1, 0.15) is 71.6 Å². The number of nitrogens with one attached hydrogen (secondary N) is 1. The van der Waals surface area contributed by atoms with Gasteiger partial charge in [0, 0.05) is 6.04 Å². The minimum absolute atomic E-state index is 0.435. The fourth-order valence-electron chi connectivity index (χ4n) is 3.03. The maximum absolute atomic E-state index is 3.72. The van der Waals surface area contributed by atoms with Crippen molar-refractivity contribution in [2.45, 2.75) is 66.8 Å². The molecule has 1 rings (SSSR count). The van der Waals surface area contributed by atoms with E-state index >= 15 is 0 Å². The van der Waals surface area contributed by atoms with Crippen molar-refractivity contribution in [1.29, 1.82) is 0 Å². The molecule has 1 N–H and O–H groups in total. The molecule has 0 fully saturated rings. The predicted octanol–water partition coefficient (Wildman–Crippen LogP) is 5.61. The molecule has 0 aliphatic rings. The summed E-state index contributed by atoms with van der Waals surface area (Å²) in [5, 5.41) is 3.72. The summed E-state index contributed by atoms with van der Waals surface area (Å²) in [5.74, 6) is 2.22. The van der Waals surface area contributed by atoms with Crippen molar-refractivity contribution in [3.63, 3.8) is 0 Å². The Balaban J connectivity index is 2.53. The quantitative estimate of drug-likeness (QED) is 0.623. The third-order valence-electron chi connectivity index (χ3n) is 4.67. The summed E-state index contributed by atoms with van der Waals surface area (Å²) in [6.07, 6.45) is 3.77. The van der Waals surface area contributed by atoms with Gasteiger partial charge in [0.05, 0.1) is 0 Å². The molecule has 0 aliphatic heterocycles. The molecule has 1 heteroatoms. The van der Waals surface area contributed by atoms with Crippen molar-refractivity contribution in [3.05, 3.63) is 35.4 Å². The Bertz CT molecular complexity index is 369. The Morgan fingerprint density at radius 2 is 1.48 bits per heavy atom. The standard InChI is InChI=1S/C20H35N/c1-7-8-9-18-10-12-19(13-11-18)17(6)21-14-20(15(2)3)16(4)5/h10-13,15-17,20-21H,7-9,14H2,1-6H3. The molecule has 1 nitrogen and oxygen atoms in total. The summed E-state index contributed by atoms with van der Waals surface area (Å²) >= 11 is 0. The van der Waals surface area contributed by atoms with Crippen molar-refractivity contribution >= 4 is 0 Å². The zero-order valence-electron chi connectivity index (χ0n) is 14.9. The van der Waals surface area contributed by atoms with Crippen LogP contribution in [0.5, 0.6) is 0 Å². The topological polar surface area (TPSA) is 12.0 Å². The maximum atomic E-state index is 3.72. The minimum atomic E-state index is 0.435. The molecule has 1 aromatic carbocycles. The van der Waals surface area contributed by atoms with Crippen molar-refractivity contribution in [2.24, 2.45) is 17.8 Å². The highest BCUT2D eigenvalue weighted by atomic mass is 14.9. The maximum Gasteiger partial charge on any atom is 0.0291 e. The van der Waals surface area contributed by atoms with E-state index in [1.165, 1.54) is 30.4 Å². The molecule has 0 amide bonds. The third-order valence-corrected chi connectivity index (χ3v) is 4.67. The molecule has 120 valence electrons. The smallest absolute Gasteiger partial charge is 0.0291 e. The molecule has 1 atom stereocenters. The highest BCUT2D eigenvalue weighted by molar-refractivity contribution is 5.24. The first-order valence-corrected chi connectivity index (χ1v) is 8.77. The first kappa shape index (κ1) is 18.2. The molecule has 0 radical (unpaired) electrons. The second-order valence-electron chi connectivity index (χ2n) is 7.13. The van der Waals surface area contributed by atoms with Gasteiger partial charge < -0.3 is 5.32 Å². The molecule has 0 bridgehead atoms. The largest absolute Gasteiger partial charge is 0.310 e. The second kappa shape index (κ2) is 9.25. The van der Waals surface area contributed by atoms with Gasteiger partial charge in [-0.25, -0.2) is 0 Å². The van der Waals surface area contributed by atoms with Gasteiger partial charge >= 0.3 is 0 Å².